The van der Waals surface area contributed by atoms with Crippen molar-refractivity contribution in [2.24, 2.45) is 5.92 Å². The van der Waals surface area contributed by atoms with E-state index in [4.69, 9.17) is 27.9 Å². The Morgan fingerprint density at radius 1 is 1.23 bits per heavy atom. The van der Waals surface area contributed by atoms with Gasteiger partial charge in [-0.05, 0) is 12.1 Å². The highest BCUT2D eigenvalue weighted by Crippen LogP contribution is 2.36. The lowest BCUT2D eigenvalue weighted by Crippen LogP contribution is -2.42. The topological polar surface area (TPSA) is 75.3 Å². The number of hydrogen-bond acceptors (Lipinski definition) is 4. The fourth-order valence-electron chi connectivity index (χ4n) is 3.52. The largest absolute Gasteiger partial charge is 0.417 e. The molecule has 4 rings (SSSR count). The maximum atomic E-state index is 13.2. The Kier molecular flexibility index (Phi) is 5.85. The van der Waals surface area contributed by atoms with Crippen LogP contribution in [0.1, 0.15) is 16.1 Å². The summed E-state index contributed by atoms with van der Waals surface area (Å²) in [4.78, 5) is 34.0. The van der Waals surface area contributed by atoms with Crippen molar-refractivity contribution in [3.63, 3.8) is 0 Å². The highest BCUT2D eigenvalue weighted by Gasteiger charge is 2.37. The van der Waals surface area contributed by atoms with Gasteiger partial charge >= 0.3 is 6.18 Å². The Labute approximate surface area is 184 Å². The minimum Gasteiger partial charge on any atom is -0.378 e. The van der Waals surface area contributed by atoms with Crippen molar-refractivity contribution in [3.05, 3.63) is 52.3 Å². The molecule has 2 aromatic rings. The number of Topliss-reactive ketones (excluding diaryl/α,β-unsaturated/α-hetero) is 1. The highest BCUT2D eigenvalue weighted by atomic mass is 35.5. The average Bonchev–Trinajstić information content (AvgIpc) is 3.17. The number of halogens is 5. The lowest BCUT2D eigenvalue weighted by Gasteiger charge is -2.30. The molecule has 2 atom stereocenters. The van der Waals surface area contributed by atoms with Crippen molar-refractivity contribution in [1.82, 2.24) is 14.9 Å². The van der Waals surface area contributed by atoms with E-state index < -0.39 is 28.8 Å². The van der Waals surface area contributed by atoms with Crippen LogP contribution in [0, 0.1) is 5.92 Å². The third-order valence-corrected chi connectivity index (χ3v) is 6.00. The summed E-state index contributed by atoms with van der Waals surface area (Å²) in [5.41, 5.74) is -0.525. The van der Waals surface area contributed by atoms with Gasteiger partial charge in [0, 0.05) is 24.3 Å². The molecule has 0 aromatic carbocycles. The Morgan fingerprint density at radius 2 is 1.94 bits per heavy atom. The molecule has 1 fully saturated rings. The fraction of sp³-hybridized carbons (Fsp3) is 0.350. The van der Waals surface area contributed by atoms with Crippen molar-refractivity contribution in [1.29, 1.82) is 0 Å². The number of pyridine rings is 1. The minimum atomic E-state index is -4.56. The number of nitrogens with zero attached hydrogens (tertiary/aromatic N) is 2. The van der Waals surface area contributed by atoms with Crippen LogP contribution in [-0.2, 0) is 15.7 Å². The van der Waals surface area contributed by atoms with E-state index in [2.05, 4.69) is 9.97 Å². The van der Waals surface area contributed by atoms with Crippen LogP contribution in [0.4, 0.5) is 13.2 Å². The smallest absolute Gasteiger partial charge is 0.378 e. The number of alkyl halides is 4. The first-order chi connectivity index (χ1) is 14.7. The Hall–Kier alpha value is -2.36. The summed E-state index contributed by atoms with van der Waals surface area (Å²) in [6.07, 6.45) is -0.868. The number of amides is 1. The molecular formula is C20H16Cl2F3N3O3. The zero-order chi connectivity index (χ0) is 22.3. The van der Waals surface area contributed by atoms with Crippen LogP contribution < -0.4 is 0 Å². The lowest BCUT2D eigenvalue weighted by atomic mass is 9.89. The van der Waals surface area contributed by atoms with Crippen LogP contribution in [0.25, 0.3) is 11.0 Å². The average molecular weight is 474 g/mol. The van der Waals surface area contributed by atoms with E-state index in [1.165, 1.54) is 18.2 Å². The number of rotatable bonds is 3. The van der Waals surface area contributed by atoms with Gasteiger partial charge in [0.15, 0.2) is 5.78 Å². The first kappa shape index (κ1) is 21.9. The number of carbonyl (C=O) groups excluding carboxylic acids is 2. The van der Waals surface area contributed by atoms with Gasteiger partial charge in [-0.1, -0.05) is 23.8 Å². The molecule has 6 nitrogen and oxygen atoms in total. The second-order valence-electron chi connectivity index (χ2n) is 7.15. The molecule has 1 aliphatic carbocycles. The quantitative estimate of drug-likeness (QED) is 0.541. The van der Waals surface area contributed by atoms with E-state index >= 15 is 0 Å². The predicted octanol–water partition coefficient (Wildman–Crippen LogP) is 3.91. The van der Waals surface area contributed by atoms with Gasteiger partial charge in [-0.25, -0.2) is 0 Å². The number of aromatic nitrogens is 2. The summed E-state index contributed by atoms with van der Waals surface area (Å²) >= 11 is 12.8. The van der Waals surface area contributed by atoms with Gasteiger partial charge in [-0.2, -0.15) is 13.2 Å². The second-order valence-corrected chi connectivity index (χ2v) is 8.06. The molecule has 2 aromatic heterocycles. The lowest BCUT2D eigenvalue weighted by molar-refractivity contribution is -0.137. The van der Waals surface area contributed by atoms with Crippen molar-refractivity contribution < 1.29 is 27.5 Å². The van der Waals surface area contributed by atoms with E-state index in [1.54, 1.807) is 4.90 Å². The van der Waals surface area contributed by atoms with Gasteiger partial charge in [0.1, 0.15) is 0 Å². The number of fused-ring (bicyclic) bond motifs is 1. The van der Waals surface area contributed by atoms with Crippen LogP contribution >= 0.6 is 23.2 Å². The Bertz CT molecular complexity index is 1100. The molecule has 11 heteroatoms. The van der Waals surface area contributed by atoms with Gasteiger partial charge in [-0.3, -0.25) is 14.6 Å². The zero-order valence-electron chi connectivity index (χ0n) is 15.9. The molecule has 164 valence electrons. The molecule has 0 spiro atoms. The van der Waals surface area contributed by atoms with Crippen LogP contribution in [0.2, 0.25) is 0 Å². The molecule has 1 amide bonds. The summed E-state index contributed by atoms with van der Waals surface area (Å²) in [7, 11) is 0. The number of aromatic amines is 1. The van der Waals surface area contributed by atoms with E-state index in [9.17, 15) is 22.8 Å². The van der Waals surface area contributed by atoms with E-state index in [-0.39, 0.29) is 33.2 Å². The van der Waals surface area contributed by atoms with Crippen LogP contribution in [0.3, 0.4) is 0 Å². The third-order valence-electron chi connectivity index (χ3n) is 5.17. The maximum absolute atomic E-state index is 13.2. The normalized spacial score (nSPS) is 22.3. The Balaban J connectivity index is 1.65. The van der Waals surface area contributed by atoms with Gasteiger partial charge in [0.25, 0.3) is 5.91 Å². The second kappa shape index (κ2) is 8.29. The maximum Gasteiger partial charge on any atom is 0.417 e. The van der Waals surface area contributed by atoms with Crippen LogP contribution in [-0.4, -0.2) is 58.2 Å². The first-order valence-corrected chi connectivity index (χ1v) is 10.2. The fourth-order valence-corrected chi connectivity index (χ4v) is 4.28. The summed E-state index contributed by atoms with van der Waals surface area (Å²) in [5.74, 6) is -1.95. The SMILES string of the molecule is O=C(c1cc2ncc(C(F)(F)F)cc2[nH]1)C1C(Cl)=C(C(=O)N2CCOCC2)C=CC1Cl. The van der Waals surface area contributed by atoms with Gasteiger partial charge < -0.3 is 14.6 Å². The van der Waals surface area contributed by atoms with E-state index in [0.717, 1.165) is 6.07 Å². The van der Waals surface area contributed by atoms with Crippen LogP contribution in [0.5, 0.6) is 0 Å². The zero-order valence-corrected chi connectivity index (χ0v) is 17.4. The molecule has 1 N–H and O–H groups in total. The minimum absolute atomic E-state index is 0.00379. The Morgan fingerprint density at radius 3 is 2.61 bits per heavy atom. The van der Waals surface area contributed by atoms with Gasteiger partial charge in [-0.15, -0.1) is 11.6 Å². The summed E-state index contributed by atoms with van der Waals surface area (Å²) in [5, 5.41) is -0.835. The monoisotopic (exact) mass is 473 g/mol. The third kappa shape index (κ3) is 4.22. The number of allylic oxidation sites excluding steroid dienone is 2. The molecule has 2 aliphatic rings. The van der Waals surface area contributed by atoms with Crippen molar-refractivity contribution >= 4 is 45.9 Å². The highest BCUT2D eigenvalue weighted by molar-refractivity contribution is 6.37. The standard InChI is InChI=1S/C20H16Cl2F3N3O3/c21-12-2-1-11(19(30)28-3-5-31-6-4-28)17(22)16(12)18(29)15-8-13-14(27-15)7-10(9-26-13)20(23,24)25/h1-2,7-9,12,16,27H,3-6H2. The number of hydrogen-bond donors (Lipinski definition) is 1. The van der Waals surface area contributed by atoms with Crippen LogP contribution in [0.15, 0.2) is 41.1 Å². The van der Waals surface area contributed by atoms with Crippen molar-refractivity contribution in [2.45, 2.75) is 11.6 Å². The first-order valence-electron chi connectivity index (χ1n) is 9.36. The molecule has 1 aliphatic heterocycles. The number of ether oxygens (including phenoxy) is 1. The summed E-state index contributed by atoms with van der Waals surface area (Å²) in [6, 6.07) is 2.22. The number of morpholine rings is 1. The summed E-state index contributed by atoms with van der Waals surface area (Å²) < 4.78 is 44.0. The molecule has 2 unspecified atom stereocenters. The molecule has 1 saturated heterocycles. The molecule has 31 heavy (non-hydrogen) atoms. The molecule has 0 radical (unpaired) electrons. The van der Waals surface area contributed by atoms with E-state index in [0.29, 0.717) is 32.5 Å². The van der Waals surface area contributed by atoms with Gasteiger partial charge in [0.2, 0.25) is 0 Å². The molecule has 0 bridgehead atoms. The summed E-state index contributed by atoms with van der Waals surface area (Å²) in [6.45, 7) is 1.61. The predicted molar refractivity (Wildman–Crippen MR) is 108 cm³/mol. The number of carbonyl (C=O) groups is 2. The molecular weight excluding hydrogens is 458 g/mol. The number of nitrogens with one attached hydrogen (secondary N) is 1. The molecule has 0 saturated carbocycles. The van der Waals surface area contributed by atoms with Gasteiger partial charge in [0.05, 0.1) is 52.4 Å². The number of H-pyrrole nitrogens is 1. The van der Waals surface area contributed by atoms with Crippen molar-refractivity contribution in [2.75, 3.05) is 26.3 Å². The molecule has 3 heterocycles. The van der Waals surface area contributed by atoms with Crippen molar-refractivity contribution in [3.8, 4) is 0 Å². The number of ketones is 1. The van der Waals surface area contributed by atoms with E-state index in [1.807, 2.05) is 0 Å².